The van der Waals surface area contributed by atoms with Crippen LogP contribution in [-0.2, 0) is 19.3 Å². The Kier molecular flexibility index (Phi) is 5.68. The fraction of sp³-hybridized carbons (Fsp3) is 0.423. The summed E-state index contributed by atoms with van der Waals surface area (Å²) in [6.45, 7) is 3.54. The van der Waals surface area contributed by atoms with Gasteiger partial charge < -0.3 is 9.64 Å². The number of hydrogen-bond donors (Lipinski definition) is 1. The van der Waals surface area contributed by atoms with Crippen LogP contribution in [0.25, 0.3) is 0 Å². The van der Waals surface area contributed by atoms with Crippen LogP contribution in [0, 0.1) is 6.92 Å². The number of para-hydroxylation sites is 1. The first kappa shape index (κ1) is 20.7. The molecule has 3 aromatic rings. The molecule has 1 amide bonds. The minimum Gasteiger partial charge on any atom is -0.496 e. The van der Waals surface area contributed by atoms with Gasteiger partial charge in [0, 0.05) is 48.1 Å². The van der Waals surface area contributed by atoms with Gasteiger partial charge >= 0.3 is 0 Å². The van der Waals surface area contributed by atoms with Crippen molar-refractivity contribution in [2.45, 2.75) is 51.4 Å². The number of hydrogen-bond acceptors (Lipinski definition) is 4. The van der Waals surface area contributed by atoms with E-state index in [0.717, 1.165) is 73.5 Å². The first-order valence-electron chi connectivity index (χ1n) is 11.6. The molecule has 1 fully saturated rings. The topological polar surface area (TPSA) is 71.1 Å². The molecule has 1 aromatic carbocycles. The Morgan fingerprint density at radius 2 is 2.09 bits per heavy atom. The van der Waals surface area contributed by atoms with Crippen molar-refractivity contribution in [1.29, 1.82) is 0 Å². The second-order valence-electron chi connectivity index (χ2n) is 9.00. The lowest BCUT2D eigenvalue weighted by Gasteiger charge is -2.32. The van der Waals surface area contributed by atoms with Crippen LogP contribution in [-0.4, -0.2) is 46.2 Å². The van der Waals surface area contributed by atoms with Crippen LogP contribution in [0.2, 0.25) is 0 Å². The van der Waals surface area contributed by atoms with Gasteiger partial charge in [-0.1, -0.05) is 18.2 Å². The molecule has 1 N–H and O–H groups in total. The molecule has 0 spiro atoms. The Morgan fingerprint density at radius 1 is 1.22 bits per heavy atom. The Labute approximate surface area is 189 Å². The molecular weight excluding hydrogens is 400 g/mol. The number of nitrogens with zero attached hydrogens (tertiary/aromatic N) is 3. The predicted octanol–water partition coefficient (Wildman–Crippen LogP) is 4.22. The van der Waals surface area contributed by atoms with Gasteiger partial charge in [0.05, 0.1) is 7.11 Å². The van der Waals surface area contributed by atoms with Gasteiger partial charge in [-0.3, -0.25) is 14.9 Å². The van der Waals surface area contributed by atoms with Gasteiger partial charge in [0.25, 0.3) is 5.91 Å². The summed E-state index contributed by atoms with van der Waals surface area (Å²) in [4.78, 5) is 20.1. The van der Waals surface area contributed by atoms with Crippen LogP contribution in [0.15, 0.2) is 36.4 Å². The number of aryl methyl sites for hydroxylation is 2. The van der Waals surface area contributed by atoms with E-state index in [-0.39, 0.29) is 11.8 Å². The SMILES string of the molecule is COc1ccccc1Cc1cc(C)nc([C@H]2CCCN(C(=O)c3n[nH]c4c3CCC4)C2)c1. The maximum Gasteiger partial charge on any atom is 0.274 e. The van der Waals surface area contributed by atoms with Crippen LogP contribution in [0.1, 0.15) is 69.4 Å². The van der Waals surface area contributed by atoms with Crippen LogP contribution >= 0.6 is 0 Å². The van der Waals surface area contributed by atoms with Gasteiger partial charge in [-0.2, -0.15) is 5.10 Å². The van der Waals surface area contributed by atoms with E-state index in [0.29, 0.717) is 12.2 Å². The molecule has 1 aliphatic carbocycles. The number of rotatable bonds is 5. The third kappa shape index (κ3) is 4.01. The molecule has 166 valence electrons. The maximum absolute atomic E-state index is 13.3. The van der Waals surface area contributed by atoms with Gasteiger partial charge in [-0.05, 0) is 68.4 Å². The van der Waals surface area contributed by atoms with E-state index in [1.807, 2.05) is 30.0 Å². The summed E-state index contributed by atoms with van der Waals surface area (Å²) in [6, 6.07) is 12.5. The van der Waals surface area contributed by atoms with Crippen molar-refractivity contribution < 1.29 is 9.53 Å². The lowest BCUT2D eigenvalue weighted by molar-refractivity contribution is 0.0698. The zero-order chi connectivity index (χ0) is 22.1. The summed E-state index contributed by atoms with van der Waals surface area (Å²) >= 11 is 0. The summed E-state index contributed by atoms with van der Waals surface area (Å²) < 4.78 is 5.53. The Morgan fingerprint density at radius 3 is 2.97 bits per heavy atom. The van der Waals surface area contributed by atoms with Crippen LogP contribution < -0.4 is 4.74 Å². The minimum atomic E-state index is 0.0657. The number of likely N-dealkylation sites (tertiary alicyclic amines) is 1. The van der Waals surface area contributed by atoms with E-state index < -0.39 is 0 Å². The number of aromatic nitrogens is 3. The number of nitrogens with one attached hydrogen (secondary N) is 1. The van der Waals surface area contributed by atoms with Crippen LogP contribution in [0.4, 0.5) is 0 Å². The number of amides is 1. The number of aromatic amines is 1. The molecule has 3 heterocycles. The standard InChI is InChI=1S/C26H30N4O2/c1-17-13-18(14-19-7-3-4-11-24(19)32-2)15-23(27-17)20-8-6-12-30(16-20)26(31)25-21-9-5-10-22(21)28-29-25/h3-4,7,11,13,15,20H,5-6,8-10,12,14,16H2,1-2H3,(H,28,29)/t20-/m0/s1. The van der Waals surface area contributed by atoms with Gasteiger partial charge in [0.15, 0.2) is 5.69 Å². The zero-order valence-electron chi connectivity index (χ0n) is 18.9. The summed E-state index contributed by atoms with van der Waals surface area (Å²) in [5, 5.41) is 7.43. The molecule has 2 aromatic heterocycles. The zero-order valence-corrected chi connectivity index (χ0v) is 18.9. The van der Waals surface area contributed by atoms with E-state index in [1.54, 1.807) is 7.11 Å². The first-order valence-corrected chi connectivity index (χ1v) is 11.6. The van der Waals surface area contributed by atoms with Crippen molar-refractivity contribution >= 4 is 5.91 Å². The summed E-state index contributed by atoms with van der Waals surface area (Å²) in [6.07, 6.45) is 5.90. The van der Waals surface area contributed by atoms with E-state index in [1.165, 1.54) is 11.1 Å². The number of methoxy groups -OCH3 is 1. The second-order valence-corrected chi connectivity index (χ2v) is 9.00. The molecule has 5 rings (SSSR count). The van der Waals surface area contributed by atoms with Gasteiger partial charge in [-0.15, -0.1) is 0 Å². The average molecular weight is 431 g/mol. The Bertz CT molecular complexity index is 1140. The number of carbonyl (C=O) groups excluding carboxylic acids is 1. The number of fused-ring (bicyclic) bond motifs is 1. The van der Waals surface area contributed by atoms with Gasteiger partial charge in [0.2, 0.25) is 0 Å². The second kappa shape index (κ2) is 8.77. The highest BCUT2D eigenvalue weighted by Gasteiger charge is 2.31. The number of pyridine rings is 1. The molecule has 0 radical (unpaired) electrons. The van der Waals surface area contributed by atoms with Crippen molar-refractivity contribution in [2.24, 2.45) is 0 Å². The summed E-state index contributed by atoms with van der Waals surface area (Å²) in [7, 11) is 1.71. The molecule has 32 heavy (non-hydrogen) atoms. The minimum absolute atomic E-state index is 0.0657. The van der Waals surface area contributed by atoms with Crippen LogP contribution in [0.3, 0.4) is 0 Å². The lowest BCUT2D eigenvalue weighted by Crippen LogP contribution is -2.39. The number of ether oxygens (including phenoxy) is 1. The van der Waals surface area contributed by atoms with E-state index in [4.69, 9.17) is 9.72 Å². The summed E-state index contributed by atoms with van der Waals surface area (Å²) in [5.41, 5.74) is 7.39. The molecule has 1 aliphatic heterocycles. The Hall–Kier alpha value is -3.15. The molecule has 2 aliphatic rings. The van der Waals surface area contributed by atoms with Crippen molar-refractivity contribution in [2.75, 3.05) is 20.2 Å². The highest BCUT2D eigenvalue weighted by molar-refractivity contribution is 5.94. The molecule has 1 atom stereocenters. The summed E-state index contributed by atoms with van der Waals surface area (Å²) in [5.74, 6) is 1.22. The van der Waals surface area contributed by atoms with Crippen molar-refractivity contribution in [3.05, 3.63) is 75.9 Å². The van der Waals surface area contributed by atoms with E-state index in [9.17, 15) is 4.79 Å². The number of benzene rings is 1. The molecular formula is C26H30N4O2. The fourth-order valence-corrected chi connectivity index (χ4v) is 5.20. The first-order chi connectivity index (χ1) is 15.6. The average Bonchev–Trinajstić information content (AvgIpc) is 3.43. The monoisotopic (exact) mass is 430 g/mol. The number of carbonyl (C=O) groups is 1. The van der Waals surface area contributed by atoms with Gasteiger partial charge in [0.1, 0.15) is 5.75 Å². The van der Waals surface area contributed by atoms with Crippen molar-refractivity contribution in [1.82, 2.24) is 20.1 Å². The largest absolute Gasteiger partial charge is 0.496 e. The van der Waals surface area contributed by atoms with Crippen molar-refractivity contribution in [3.63, 3.8) is 0 Å². The Balaban J connectivity index is 1.35. The molecule has 1 saturated heterocycles. The molecule has 0 saturated carbocycles. The van der Waals surface area contributed by atoms with Gasteiger partial charge in [-0.25, -0.2) is 0 Å². The van der Waals surface area contributed by atoms with Crippen LogP contribution in [0.5, 0.6) is 5.75 Å². The number of H-pyrrole nitrogens is 1. The maximum atomic E-state index is 13.3. The predicted molar refractivity (Wildman–Crippen MR) is 123 cm³/mol. The molecule has 6 heteroatoms. The third-order valence-corrected chi connectivity index (χ3v) is 6.76. The number of piperidine rings is 1. The smallest absolute Gasteiger partial charge is 0.274 e. The fourth-order valence-electron chi connectivity index (χ4n) is 5.20. The highest BCUT2D eigenvalue weighted by Crippen LogP contribution is 2.30. The molecule has 0 bridgehead atoms. The van der Waals surface area contributed by atoms with Crippen molar-refractivity contribution in [3.8, 4) is 5.75 Å². The highest BCUT2D eigenvalue weighted by atomic mass is 16.5. The quantitative estimate of drug-likeness (QED) is 0.658. The van der Waals surface area contributed by atoms with E-state index >= 15 is 0 Å². The van der Waals surface area contributed by atoms with E-state index in [2.05, 4.69) is 28.4 Å². The molecule has 0 unspecified atom stereocenters. The molecule has 6 nitrogen and oxygen atoms in total. The third-order valence-electron chi connectivity index (χ3n) is 6.76. The lowest BCUT2D eigenvalue weighted by atomic mass is 9.92. The normalized spacial score (nSPS) is 17.9.